The average Bonchev–Trinajstić information content (AvgIpc) is 3.20. The van der Waals surface area contributed by atoms with E-state index in [4.69, 9.17) is 16.7 Å². The number of aliphatic carboxylic acids is 1. The third-order valence-corrected chi connectivity index (χ3v) is 3.46. The third kappa shape index (κ3) is 3.47. The van der Waals surface area contributed by atoms with E-state index in [2.05, 4.69) is 0 Å². The van der Waals surface area contributed by atoms with Crippen molar-refractivity contribution in [3.05, 3.63) is 29.3 Å². The second kappa shape index (κ2) is 5.61. The van der Waals surface area contributed by atoms with Crippen LogP contribution in [0.15, 0.2) is 24.3 Å². The highest BCUT2D eigenvalue weighted by Gasteiger charge is 2.35. The molecular weight excluding hydrogens is 266 g/mol. The summed E-state index contributed by atoms with van der Waals surface area (Å²) in [5.41, 5.74) is 0.703. The highest BCUT2D eigenvalue weighted by molar-refractivity contribution is 6.30. The number of carbonyl (C=O) groups excluding carboxylic acids is 1. The highest BCUT2D eigenvalue weighted by Crippen LogP contribution is 2.33. The lowest BCUT2D eigenvalue weighted by molar-refractivity contribution is -0.140. The Morgan fingerprint density at radius 1 is 1.37 bits per heavy atom. The van der Waals surface area contributed by atoms with Crippen LogP contribution in [0.2, 0.25) is 5.02 Å². The quantitative estimate of drug-likeness (QED) is 0.903. The van der Waals surface area contributed by atoms with Crippen molar-refractivity contribution in [1.29, 1.82) is 0 Å². The number of halogens is 1. The van der Waals surface area contributed by atoms with E-state index in [0.29, 0.717) is 10.7 Å². The number of rotatable bonds is 5. The summed E-state index contributed by atoms with van der Waals surface area (Å²) >= 11 is 5.83. The molecule has 1 atom stereocenters. The molecule has 0 heterocycles. The van der Waals surface area contributed by atoms with E-state index in [0.717, 1.165) is 12.8 Å². The summed E-state index contributed by atoms with van der Waals surface area (Å²) in [7, 11) is 0. The lowest BCUT2D eigenvalue weighted by atomic mass is 10.1. The van der Waals surface area contributed by atoms with Crippen molar-refractivity contribution in [3.8, 4) is 0 Å². The van der Waals surface area contributed by atoms with Crippen LogP contribution in [0.1, 0.15) is 19.8 Å². The molecule has 102 valence electrons. The molecule has 2 rings (SSSR count). The number of anilines is 1. The van der Waals surface area contributed by atoms with Gasteiger partial charge < -0.3 is 10.0 Å². The monoisotopic (exact) mass is 281 g/mol. The molecule has 1 N–H and O–H groups in total. The van der Waals surface area contributed by atoms with Gasteiger partial charge in [0.25, 0.3) is 0 Å². The summed E-state index contributed by atoms with van der Waals surface area (Å²) in [6, 6.07) is 6.90. The maximum absolute atomic E-state index is 12.2. The summed E-state index contributed by atoms with van der Waals surface area (Å²) in [5, 5.41) is 9.59. The lowest BCUT2D eigenvalue weighted by Crippen LogP contribution is -2.37. The number of carbonyl (C=O) groups is 2. The number of amides is 1. The zero-order valence-corrected chi connectivity index (χ0v) is 11.4. The molecule has 4 nitrogen and oxygen atoms in total. The van der Waals surface area contributed by atoms with Gasteiger partial charge in [-0.15, -0.1) is 0 Å². The van der Waals surface area contributed by atoms with Gasteiger partial charge in [-0.25, -0.2) is 0 Å². The van der Waals surface area contributed by atoms with Crippen molar-refractivity contribution in [2.45, 2.75) is 19.8 Å². The van der Waals surface area contributed by atoms with Crippen LogP contribution in [0.5, 0.6) is 0 Å². The number of carboxylic acid groups (broad SMARTS) is 1. The molecule has 1 aromatic carbocycles. The fourth-order valence-corrected chi connectivity index (χ4v) is 1.97. The molecule has 1 unspecified atom stereocenters. The van der Waals surface area contributed by atoms with Gasteiger partial charge in [0.15, 0.2) is 0 Å². The van der Waals surface area contributed by atoms with E-state index in [1.807, 2.05) is 0 Å². The van der Waals surface area contributed by atoms with Crippen molar-refractivity contribution in [2.24, 2.45) is 11.8 Å². The molecule has 0 aliphatic heterocycles. The van der Waals surface area contributed by atoms with Crippen molar-refractivity contribution >= 4 is 29.2 Å². The van der Waals surface area contributed by atoms with Crippen LogP contribution in [-0.2, 0) is 9.59 Å². The molecule has 0 aromatic heterocycles. The Labute approximate surface area is 117 Å². The molecule has 0 radical (unpaired) electrons. The maximum Gasteiger partial charge on any atom is 0.308 e. The smallest absolute Gasteiger partial charge is 0.308 e. The van der Waals surface area contributed by atoms with E-state index >= 15 is 0 Å². The molecule has 0 spiro atoms. The molecule has 5 heteroatoms. The molecule has 19 heavy (non-hydrogen) atoms. The van der Waals surface area contributed by atoms with E-state index in [1.54, 1.807) is 36.1 Å². The number of carboxylic acids is 1. The first kappa shape index (κ1) is 13.9. The van der Waals surface area contributed by atoms with Gasteiger partial charge in [0.05, 0.1) is 5.92 Å². The number of hydrogen-bond donors (Lipinski definition) is 1. The van der Waals surface area contributed by atoms with Gasteiger partial charge in [-0.3, -0.25) is 9.59 Å². The largest absolute Gasteiger partial charge is 0.481 e. The highest BCUT2D eigenvalue weighted by atomic mass is 35.5. The molecule has 1 aliphatic carbocycles. The van der Waals surface area contributed by atoms with Gasteiger partial charge in [0.2, 0.25) is 5.91 Å². The van der Waals surface area contributed by atoms with Crippen molar-refractivity contribution in [2.75, 3.05) is 11.4 Å². The molecule has 1 saturated carbocycles. The summed E-state index contributed by atoms with van der Waals surface area (Å²) in [5.74, 6) is -1.44. The van der Waals surface area contributed by atoms with Gasteiger partial charge in [0, 0.05) is 23.2 Å². The first-order valence-corrected chi connectivity index (χ1v) is 6.66. The summed E-state index contributed by atoms with van der Waals surface area (Å²) < 4.78 is 0. The predicted octanol–water partition coefficient (Wildman–Crippen LogP) is 2.80. The van der Waals surface area contributed by atoms with Gasteiger partial charge in [-0.05, 0) is 37.1 Å². The number of benzene rings is 1. The Balaban J connectivity index is 2.20. The van der Waals surface area contributed by atoms with Crippen LogP contribution in [0, 0.1) is 11.8 Å². The second-order valence-electron chi connectivity index (χ2n) is 4.94. The van der Waals surface area contributed by atoms with E-state index in [-0.39, 0.29) is 18.4 Å². The number of nitrogens with zero attached hydrogens (tertiary/aromatic N) is 1. The van der Waals surface area contributed by atoms with Crippen LogP contribution in [-0.4, -0.2) is 23.5 Å². The molecule has 0 saturated heterocycles. The fraction of sp³-hybridized carbons (Fsp3) is 0.429. The van der Waals surface area contributed by atoms with Gasteiger partial charge in [0.1, 0.15) is 0 Å². The van der Waals surface area contributed by atoms with Crippen LogP contribution < -0.4 is 4.90 Å². The Hall–Kier alpha value is -1.55. The van der Waals surface area contributed by atoms with E-state index < -0.39 is 11.9 Å². The minimum absolute atomic E-state index is 0.00965. The summed E-state index contributed by atoms with van der Waals surface area (Å²) in [6.45, 7) is 1.79. The maximum atomic E-state index is 12.2. The van der Waals surface area contributed by atoms with Crippen LogP contribution >= 0.6 is 11.6 Å². The van der Waals surface area contributed by atoms with Crippen LogP contribution in [0.4, 0.5) is 5.69 Å². The predicted molar refractivity (Wildman–Crippen MR) is 73.3 cm³/mol. The number of hydrogen-bond acceptors (Lipinski definition) is 2. The average molecular weight is 282 g/mol. The molecular formula is C14H16ClNO3. The van der Waals surface area contributed by atoms with Crippen LogP contribution in [0.3, 0.4) is 0 Å². The molecule has 1 aromatic rings. The van der Waals surface area contributed by atoms with Gasteiger partial charge >= 0.3 is 5.97 Å². The van der Waals surface area contributed by atoms with Crippen LogP contribution in [0.25, 0.3) is 0 Å². The first-order chi connectivity index (χ1) is 8.99. The Bertz CT molecular complexity index is 482. The van der Waals surface area contributed by atoms with E-state index in [1.165, 1.54) is 0 Å². The van der Waals surface area contributed by atoms with Crippen molar-refractivity contribution < 1.29 is 14.7 Å². The molecule has 1 amide bonds. The minimum atomic E-state index is -0.900. The first-order valence-electron chi connectivity index (χ1n) is 6.29. The minimum Gasteiger partial charge on any atom is -0.481 e. The topological polar surface area (TPSA) is 57.6 Å². The standard InChI is InChI=1S/C14H16ClNO3/c1-9(14(18)19)8-16(13(17)10-2-3-10)12-6-4-11(15)5-7-12/h4-7,9-10H,2-3,8H2,1H3,(H,18,19). The summed E-state index contributed by atoms with van der Waals surface area (Å²) in [4.78, 5) is 24.8. The molecule has 0 bridgehead atoms. The van der Waals surface area contributed by atoms with Gasteiger partial charge in [-0.2, -0.15) is 0 Å². The third-order valence-electron chi connectivity index (χ3n) is 3.21. The molecule has 1 aliphatic rings. The Kier molecular flexibility index (Phi) is 4.10. The lowest BCUT2D eigenvalue weighted by Gasteiger charge is -2.24. The normalized spacial score (nSPS) is 15.9. The molecule has 1 fully saturated rings. The van der Waals surface area contributed by atoms with E-state index in [9.17, 15) is 9.59 Å². The zero-order valence-electron chi connectivity index (χ0n) is 10.7. The summed E-state index contributed by atoms with van der Waals surface area (Å²) in [6.07, 6.45) is 1.79. The SMILES string of the molecule is CC(CN(C(=O)C1CC1)c1ccc(Cl)cc1)C(=O)O. The van der Waals surface area contributed by atoms with Crippen molar-refractivity contribution in [1.82, 2.24) is 0 Å². The zero-order chi connectivity index (χ0) is 14.0. The second-order valence-corrected chi connectivity index (χ2v) is 5.38. The Morgan fingerprint density at radius 3 is 2.42 bits per heavy atom. The van der Waals surface area contributed by atoms with Gasteiger partial charge in [-0.1, -0.05) is 18.5 Å². The fourth-order valence-electron chi connectivity index (χ4n) is 1.85. The Morgan fingerprint density at radius 2 is 1.95 bits per heavy atom. The van der Waals surface area contributed by atoms with Crippen molar-refractivity contribution in [3.63, 3.8) is 0 Å².